The molecule has 0 aliphatic carbocycles. The van der Waals surface area contributed by atoms with E-state index in [0.717, 1.165) is 26.0 Å². The van der Waals surface area contributed by atoms with E-state index in [2.05, 4.69) is 58.1 Å². The van der Waals surface area contributed by atoms with Crippen molar-refractivity contribution in [3.63, 3.8) is 0 Å². The van der Waals surface area contributed by atoms with Gasteiger partial charge in [-0.1, -0.05) is 37.6 Å². The first-order valence-corrected chi connectivity index (χ1v) is 7.50. The summed E-state index contributed by atoms with van der Waals surface area (Å²) >= 11 is 0. The first-order valence-electron chi connectivity index (χ1n) is 7.50. The summed E-state index contributed by atoms with van der Waals surface area (Å²) in [5.74, 6) is 0. The Morgan fingerprint density at radius 1 is 1.21 bits per heavy atom. The number of nitrogens with one attached hydrogen (secondary N) is 1. The Bertz CT molecular complexity index is 376. The molecule has 0 spiro atoms. The molecule has 1 N–H and O–H groups in total. The zero-order chi connectivity index (χ0) is 14.3. The van der Waals surface area contributed by atoms with E-state index in [9.17, 15) is 0 Å². The molecule has 108 valence electrons. The van der Waals surface area contributed by atoms with Gasteiger partial charge in [0.2, 0.25) is 0 Å². The third kappa shape index (κ3) is 5.33. The Labute approximate surface area is 118 Å². The van der Waals surface area contributed by atoms with E-state index < -0.39 is 0 Å². The number of benzene rings is 1. The van der Waals surface area contributed by atoms with Crippen LogP contribution < -0.4 is 5.32 Å². The SMILES string of the molecule is CCCNC(COC(C)CC)c1cc(C)ccc1C. The summed E-state index contributed by atoms with van der Waals surface area (Å²) in [4.78, 5) is 0. The molecule has 0 amide bonds. The van der Waals surface area contributed by atoms with Crippen LogP contribution in [-0.4, -0.2) is 19.3 Å². The Hall–Kier alpha value is -0.860. The maximum atomic E-state index is 5.94. The third-order valence-corrected chi connectivity index (χ3v) is 3.57. The predicted octanol–water partition coefficient (Wildman–Crippen LogP) is 4.16. The van der Waals surface area contributed by atoms with Gasteiger partial charge in [0.15, 0.2) is 0 Å². The molecule has 0 heterocycles. The lowest BCUT2D eigenvalue weighted by molar-refractivity contribution is 0.0473. The fourth-order valence-electron chi connectivity index (χ4n) is 2.09. The fraction of sp³-hybridized carbons (Fsp3) is 0.647. The zero-order valence-corrected chi connectivity index (χ0v) is 13.1. The van der Waals surface area contributed by atoms with Gasteiger partial charge in [0, 0.05) is 0 Å². The number of hydrogen-bond acceptors (Lipinski definition) is 2. The molecule has 0 radical (unpaired) electrons. The van der Waals surface area contributed by atoms with Crippen molar-refractivity contribution in [1.29, 1.82) is 0 Å². The van der Waals surface area contributed by atoms with Crippen molar-refractivity contribution >= 4 is 0 Å². The van der Waals surface area contributed by atoms with Gasteiger partial charge in [-0.3, -0.25) is 0 Å². The van der Waals surface area contributed by atoms with Gasteiger partial charge in [0.05, 0.1) is 18.8 Å². The van der Waals surface area contributed by atoms with Gasteiger partial charge in [-0.25, -0.2) is 0 Å². The molecule has 0 aliphatic heterocycles. The minimum absolute atomic E-state index is 0.300. The van der Waals surface area contributed by atoms with Gasteiger partial charge >= 0.3 is 0 Å². The molecule has 2 heteroatoms. The van der Waals surface area contributed by atoms with E-state index in [0.29, 0.717) is 12.1 Å². The van der Waals surface area contributed by atoms with Gasteiger partial charge in [-0.2, -0.15) is 0 Å². The average molecular weight is 263 g/mol. The summed E-state index contributed by atoms with van der Waals surface area (Å²) in [6, 6.07) is 6.96. The van der Waals surface area contributed by atoms with Crippen molar-refractivity contribution < 1.29 is 4.74 Å². The fourth-order valence-corrected chi connectivity index (χ4v) is 2.09. The molecule has 0 aromatic heterocycles. The lowest BCUT2D eigenvalue weighted by Crippen LogP contribution is -2.28. The molecule has 1 aromatic rings. The van der Waals surface area contributed by atoms with Gasteiger partial charge in [-0.05, 0) is 51.3 Å². The molecule has 0 bridgehead atoms. The third-order valence-electron chi connectivity index (χ3n) is 3.57. The number of ether oxygens (including phenoxy) is 1. The molecule has 19 heavy (non-hydrogen) atoms. The molecule has 2 unspecified atom stereocenters. The first-order chi connectivity index (χ1) is 9.08. The quantitative estimate of drug-likeness (QED) is 0.760. The summed E-state index contributed by atoms with van der Waals surface area (Å²) in [5.41, 5.74) is 4.02. The number of hydrogen-bond donors (Lipinski definition) is 1. The van der Waals surface area contributed by atoms with Gasteiger partial charge in [-0.15, -0.1) is 0 Å². The standard InChI is InChI=1S/C17H29NO/c1-6-10-18-17(12-19-15(5)7-2)16-11-13(3)8-9-14(16)4/h8-9,11,15,17-18H,6-7,10,12H2,1-5H3. The van der Waals surface area contributed by atoms with Gasteiger partial charge in [0.1, 0.15) is 0 Å². The summed E-state index contributed by atoms with van der Waals surface area (Å²) in [7, 11) is 0. The largest absolute Gasteiger partial charge is 0.377 e. The van der Waals surface area contributed by atoms with Crippen molar-refractivity contribution in [2.45, 2.75) is 59.6 Å². The van der Waals surface area contributed by atoms with Crippen molar-refractivity contribution in [2.75, 3.05) is 13.2 Å². The van der Waals surface area contributed by atoms with Crippen LogP contribution in [-0.2, 0) is 4.74 Å². The minimum Gasteiger partial charge on any atom is -0.377 e. The molecule has 2 atom stereocenters. The highest BCUT2D eigenvalue weighted by Crippen LogP contribution is 2.20. The van der Waals surface area contributed by atoms with Crippen molar-refractivity contribution in [1.82, 2.24) is 5.32 Å². The molecule has 0 saturated carbocycles. The van der Waals surface area contributed by atoms with Gasteiger partial charge in [0.25, 0.3) is 0 Å². The molecular weight excluding hydrogens is 234 g/mol. The first kappa shape index (κ1) is 16.2. The van der Waals surface area contributed by atoms with E-state index in [-0.39, 0.29) is 0 Å². The van der Waals surface area contributed by atoms with Crippen LogP contribution in [0.15, 0.2) is 18.2 Å². The Morgan fingerprint density at radius 2 is 1.95 bits per heavy atom. The normalized spacial score (nSPS) is 14.4. The zero-order valence-electron chi connectivity index (χ0n) is 13.1. The maximum Gasteiger partial charge on any atom is 0.0665 e. The highest BCUT2D eigenvalue weighted by atomic mass is 16.5. The molecule has 0 fully saturated rings. The van der Waals surface area contributed by atoms with Crippen molar-refractivity contribution in [3.05, 3.63) is 34.9 Å². The lowest BCUT2D eigenvalue weighted by atomic mass is 9.99. The van der Waals surface area contributed by atoms with Crippen LogP contribution in [0.25, 0.3) is 0 Å². The number of rotatable bonds is 8. The predicted molar refractivity (Wildman–Crippen MR) is 82.7 cm³/mol. The minimum atomic E-state index is 0.300. The van der Waals surface area contributed by atoms with E-state index >= 15 is 0 Å². The number of aryl methyl sites for hydroxylation is 2. The van der Waals surface area contributed by atoms with Crippen LogP contribution in [0.3, 0.4) is 0 Å². The second-order valence-electron chi connectivity index (χ2n) is 5.42. The maximum absolute atomic E-state index is 5.94. The van der Waals surface area contributed by atoms with E-state index in [4.69, 9.17) is 4.74 Å². The molecule has 1 aromatic carbocycles. The Morgan fingerprint density at radius 3 is 2.58 bits per heavy atom. The van der Waals surface area contributed by atoms with E-state index in [1.807, 2.05) is 0 Å². The highest BCUT2D eigenvalue weighted by molar-refractivity contribution is 5.33. The summed E-state index contributed by atoms with van der Waals surface area (Å²) in [5, 5.41) is 3.61. The molecule has 0 aliphatic rings. The van der Waals surface area contributed by atoms with E-state index in [1.54, 1.807) is 0 Å². The summed E-state index contributed by atoms with van der Waals surface area (Å²) < 4.78 is 5.94. The molecule has 1 rings (SSSR count). The van der Waals surface area contributed by atoms with Crippen molar-refractivity contribution in [3.8, 4) is 0 Å². The second kappa shape index (κ2) is 8.34. The van der Waals surface area contributed by atoms with E-state index in [1.165, 1.54) is 16.7 Å². The van der Waals surface area contributed by atoms with Crippen LogP contribution in [0.1, 0.15) is 56.3 Å². The van der Waals surface area contributed by atoms with Gasteiger partial charge < -0.3 is 10.1 Å². The van der Waals surface area contributed by atoms with Crippen LogP contribution in [0.4, 0.5) is 0 Å². The summed E-state index contributed by atoms with van der Waals surface area (Å²) in [6.45, 7) is 12.6. The summed E-state index contributed by atoms with van der Waals surface area (Å²) in [6.07, 6.45) is 2.54. The monoisotopic (exact) mass is 263 g/mol. The molecule has 2 nitrogen and oxygen atoms in total. The Kier molecular flexibility index (Phi) is 7.11. The topological polar surface area (TPSA) is 21.3 Å². The smallest absolute Gasteiger partial charge is 0.0665 e. The van der Waals surface area contributed by atoms with Crippen LogP contribution in [0.5, 0.6) is 0 Å². The molecule has 0 saturated heterocycles. The van der Waals surface area contributed by atoms with Crippen LogP contribution in [0.2, 0.25) is 0 Å². The average Bonchev–Trinajstić information content (AvgIpc) is 2.41. The molecular formula is C17H29NO. The Balaban J connectivity index is 2.79. The highest BCUT2D eigenvalue weighted by Gasteiger charge is 2.14. The second-order valence-corrected chi connectivity index (χ2v) is 5.42. The van der Waals surface area contributed by atoms with Crippen LogP contribution >= 0.6 is 0 Å². The lowest BCUT2D eigenvalue weighted by Gasteiger charge is -2.23. The van der Waals surface area contributed by atoms with Crippen molar-refractivity contribution in [2.24, 2.45) is 0 Å². The van der Waals surface area contributed by atoms with Crippen LogP contribution in [0, 0.1) is 13.8 Å².